The molecule has 3 aromatic heterocycles. The van der Waals surface area contributed by atoms with Crippen LogP contribution < -0.4 is 10.1 Å². The van der Waals surface area contributed by atoms with Crippen LogP contribution in [0.25, 0.3) is 17.3 Å². The predicted octanol–water partition coefficient (Wildman–Crippen LogP) is 3.59. The van der Waals surface area contributed by atoms with E-state index in [-0.39, 0.29) is 42.4 Å². The molecule has 0 aromatic carbocycles. The molecule has 4 atom stereocenters. The van der Waals surface area contributed by atoms with Gasteiger partial charge in [-0.1, -0.05) is 11.6 Å². The van der Waals surface area contributed by atoms with Gasteiger partial charge < -0.3 is 19.3 Å². The highest BCUT2D eigenvalue weighted by Crippen LogP contribution is 2.47. The molecule has 1 amide bonds. The Morgan fingerprint density at radius 3 is 2.77 bits per heavy atom. The average Bonchev–Trinajstić information content (AvgIpc) is 3.73. The summed E-state index contributed by atoms with van der Waals surface area (Å²) in [7, 11) is 3.81. The molecule has 12 nitrogen and oxygen atoms in total. The molecule has 236 valence electrons. The lowest BCUT2D eigenvalue weighted by Crippen LogP contribution is -2.44. The van der Waals surface area contributed by atoms with Crippen molar-refractivity contribution in [3.05, 3.63) is 35.3 Å². The molecule has 6 rings (SSSR count). The molecule has 0 radical (unpaired) electrons. The Morgan fingerprint density at radius 1 is 1.18 bits per heavy atom. The fourth-order valence-electron chi connectivity index (χ4n) is 7.30. The van der Waals surface area contributed by atoms with Crippen LogP contribution in [0.3, 0.4) is 0 Å². The second-order valence-electron chi connectivity index (χ2n) is 12.8. The zero-order valence-electron chi connectivity index (χ0n) is 26.3. The lowest BCUT2D eigenvalue weighted by Gasteiger charge is -2.36. The summed E-state index contributed by atoms with van der Waals surface area (Å²) in [5, 5.41) is 12.0. The average molecular weight is 606 g/mol. The van der Waals surface area contributed by atoms with Crippen LogP contribution in [0.1, 0.15) is 82.7 Å². The molecule has 1 spiro atoms. The van der Waals surface area contributed by atoms with Gasteiger partial charge in [0.05, 0.1) is 29.7 Å². The molecule has 12 heteroatoms. The van der Waals surface area contributed by atoms with Gasteiger partial charge in [0.2, 0.25) is 11.8 Å². The van der Waals surface area contributed by atoms with Crippen molar-refractivity contribution in [1.82, 2.24) is 35.1 Å². The van der Waals surface area contributed by atoms with E-state index in [1.54, 1.807) is 30.1 Å². The second kappa shape index (κ2) is 12.4. The molecule has 44 heavy (non-hydrogen) atoms. The van der Waals surface area contributed by atoms with Gasteiger partial charge in [0, 0.05) is 43.9 Å². The Bertz CT molecular complexity index is 1520. The maximum Gasteiger partial charge on any atom is 0.226 e. The Labute approximate surface area is 257 Å². The number of carbonyl (C=O) groups is 2. The number of nitrogens with zero attached hydrogens (tertiary/aromatic N) is 6. The van der Waals surface area contributed by atoms with Gasteiger partial charge >= 0.3 is 0 Å². The van der Waals surface area contributed by atoms with E-state index in [1.807, 2.05) is 20.8 Å². The number of Topliss-reactive ketones (excluding diaryl/α,β-unsaturated/α-hetero) is 1. The van der Waals surface area contributed by atoms with Crippen LogP contribution in [-0.2, 0) is 32.6 Å². The number of fused-ring (bicyclic) bond motifs is 2. The Morgan fingerprint density at radius 2 is 2.00 bits per heavy atom. The highest BCUT2D eigenvalue weighted by Gasteiger charge is 2.48. The van der Waals surface area contributed by atoms with Crippen LogP contribution in [0.2, 0.25) is 0 Å². The maximum atomic E-state index is 13.2. The zero-order valence-corrected chi connectivity index (χ0v) is 26.3. The maximum absolute atomic E-state index is 13.2. The summed E-state index contributed by atoms with van der Waals surface area (Å²) in [5.41, 5.74) is 1.46. The molecule has 1 saturated heterocycles. The number of ketones is 1. The van der Waals surface area contributed by atoms with Gasteiger partial charge in [-0.2, -0.15) is 10.1 Å². The second-order valence-corrected chi connectivity index (χ2v) is 12.8. The van der Waals surface area contributed by atoms with Crippen LogP contribution in [-0.4, -0.2) is 86.5 Å². The van der Waals surface area contributed by atoms with Crippen molar-refractivity contribution >= 4 is 11.7 Å². The summed E-state index contributed by atoms with van der Waals surface area (Å²) < 4.78 is 19.9. The zero-order chi connectivity index (χ0) is 31.0. The minimum absolute atomic E-state index is 0.0451. The highest BCUT2D eigenvalue weighted by atomic mass is 16.5. The van der Waals surface area contributed by atoms with E-state index < -0.39 is 5.41 Å². The van der Waals surface area contributed by atoms with E-state index >= 15 is 0 Å². The third-order valence-corrected chi connectivity index (χ3v) is 9.36. The Balaban J connectivity index is 1.37. The molecule has 4 heterocycles. The summed E-state index contributed by atoms with van der Waals surface area (Å²) in [4.78, 5) is 37.6. The first-order chi connectivity index (χ1) is 21.2. The van der Waals surface area contributed by atoms with E-state index in [2.05, 4.69) is 27.5 Å². The minimum Gasteiger partial charge on any atom is -0.473 e. The first kappa shape index (κ1) is 30.4. The predicted molar refractivity (Wildman–Crippen MR) is 162 cm³/mol. The van der Waals surface area contributed by atoms with Gasteiger partial charge in [0.25, 0.3) is 0 Å². The fraction of sp³-hybridized carbons (Fsp3) is 0.625. The van der Waals surface area contributed by atoms with Crippen LogP contribution in [0.5, 0.6) is 5.88 Å². The summed E-state index contributed by atoms with van der Waals surface area (Å²) in [6.07, 6.45) is 8.36. The number of carbonyl (C=O) groups excluding carboxylic acids is 2. The Hall–Kier alpha value is -3.64. The molecule has 1 saturated carbocycles. The van der Waals surface area contributed by atoms with E-state index in [0.29, 0.717) is 41.1 Å². The van der Waals surface area contributed by atoms with Gasteiger partial charge in [-0.3, -0.25) is 14.5 Å². The normalized spacial score (nSPS) is 24.5. The van der Waals surface area contributed by atoms with Crippen LogP contribution in [0.15, 0.2) is 22.9 Å². The van der Waals surface area contributed by atoms with Crippen molar-refractivity contribution in [2.75, 3.05) is 20.7 Å². The van der Waals surface area contributed by atoms with Gasteiger partial charge in [-0.25, -0.2) is 9.67 Å². The molecule has 2 aliphatic carbocycles. The highest BCUT2D eigenvalue weighted by molar-refractivity contribution is 5.91. The Kier molecular flexibility index (Phi) is 8.56. The molecular formula is C32H43N7O5. The molecule has 1 aliphatic heterocycles. The van der Waals surface area contributed by atoms with E-state index in [9.17, 15) is 9.59 Å². The monoisotopic (exact) mass is 605 g/mol. The van der Waals surface area contributed by atoms with Gasteiger partial charge in [0.1, 0.15) is 11.9 Å². The van der Waals surface area contributed by atoms with E-state index in [0.717, 1.165) is 57.1 Å². The number of methoxy groups -OCH3 is 1. The first-order valence-corrected chi connectivity index (χ1v) is 15.8. The number of likely N-dealkylation sites (tertiary alicyclic amines) is 1. The number of aromatic nitrogens is 5. The van der Waals surface area contributed by atoms with Crippen LogP contribution in [0.4, 0.5) is 0 Å². The van der Waals surface area contributed by atoms with Crippen LogP contribution >= 0.6 is 0 Å². The minimum atomic E-state index is -0.599. The smallest absolute Gasteiger partial charge is 0.226 e. The molecular weight excluding hydrogens is 562 g/mol. The number of ether oxygens (including phenoxy) is 2. The lowest BCUT2D eigenvalue weighted by atomic mass is 9.64. The molecule has 1 N–H and O–H groups in total. The van der Waals surface area contributed by atoms with Gasteiger partial charge in [0.15, 0.2) is 23.1 Å². The number of amides is 1. The van der Waals surface area contributed by atoms with Gasteiger partial charge in [-0.05, 0) is 72.4 Å². The summed E-state index contributed by atoms with van der Waals surface area (Å²) in [6, 6.07) is 3.65. The molecule has 3 aromatic rings. The third-order valence-electron chi connectivity index (χ3n) is 9.36. The van der Waals surface area contributed by atoms with E-state index in [1.165, 1.54) is 0 Å². The molecule has 2 fully saturated rings. The summed E-state index contributed by atoms with van der Waals surface area (Å²) >= 11 is 0. The number of hydrogen-bond donors (Lipinski definition) is 1. The quantitative estimate of drug-likeness (QED) is 0.385. The molecule has 0 unspecified atom stereocenters. The first-order valence-electron chi connectivity index (χ1n) is 15.8. The largest absolute Gasteiger partial charge is 0.473 e. The SMILES string of the molecule is CO[C@H]1CCN(C)[C@@H]1[C@H](C)Oc1cc(-n2ccc(CC(=O)NC(C)C)n2)nc(-c2noc3c2CCC[C@@]32CCCCC2=O)n1. The van der Waals surface area contributed by atoms with E-state index in [4.69, 9.17) is 24.0 Å². The number of hydrogen-bond acceptors (Lipinski definition) is 10. The lowest BCUT2D eigenvalue weighted by molar-refractivity contribution is -0.128. The van der Waals surface area contributed by atoms with Gasteiger partial charge in [-0.15, -0.1) is 0 Å². The third kappa shape index (κ3) is 5.77. The van der Waals surface area contributed by atoms with Crippen molar-refractivity contribution in [3.8, 4) is 23.2 Å². The number of rotatable bonds is 9. The van der Waals surface area contributed by atoms with Crippen molar-refractivity contribution in [1.29, 1.82) is 0 Å². The summed E-state index contributed by atoms with van der Waals surface area (Å²) in [6.45, 7) is 6.79. The standard InChI is InChI=1S/C32H43N7O5/c1-19(2)33-26(41)17-21-11-16-39(36-21)25-18-27(43-20(3)29-23(42-5)12-15-38(29)4)35-31(34-25)28-22-9-8-14-32(30(22)44-37-28)13-7-6-10-24(32)40/h11,16,18-20,23,29H,6-10,12-15,17H2,1-5H3,(H,33,41)/t20-,23-,29+,32+/m0/s1. The number of nitrogens with one attached hydrogen (secondary N) is 1. The van der Waals surface area contributed by atoms with Crippen molar-refractivity contribution < 1.29 is 23.6 Å². The molecule has 0 bridgehead atoms. The van der Waals surface area contributed by atoms with Crippen molar-refractivity contribution in [2.45, 2.75) is 108 Å². The van der Waals surface area contributed by atoms with Crippen molar-refractivity contribution in [2.24, 2.45) is 0 Å². The van der Waals surface area contributed by atoms with Crippen LogP contribution in [0, 0.1) is 0 Å². The summed E-state index contributed by atoms with van der Waals surface area (Å²) in [5.74, 6) is 2.04. The fourth-order valence-corrected chi connectivity index (χ4v) is 7.30. The number of likely N-dealkylation sites (N-methyl/N-ethyl adjacent to an activating group) is 1. The topological polar surface area (TPSA) is 138 Å². The molecule has 3 aliphatic rings. The van der Waals surface area contributed by atoms with Crippen molar-refractivity contribution in [3.63, 3.8) is 0 Å².